The molecule has 0 spiro atoms. The molecule has 1 rings (SSSR count). The molecule has 1 heterocycles. The van der Waals surface area contributed by atoms with Crippen LogP contribution in [0.4, 0.5) is 0 Å². The lowest BCUT2D eigenvalue weighted by atomic mass is 10.2. The molecule has 1 unspecified atom stereocenters. The summed E-state index contributed by atoms with van der Waals surface area (Å²) in [5, 5.41) is 11.4. The highest BCUT2D eigenvalue weighted by molar-refractivity contribution is 5.30. The van der Waals surface area contributed by atoms with Crippen molar-refractivity contribution >= 4 is 0 Å². The van der Waals surface area contributed by atoms with Gasteiger partial charge in [0.2, 0.25) is 0 Å². The molecule has 1 atom stereocenters. The number of nitrogens with zero attached hydrogens (tertiary/aromatic N) is 1. The van der Waals surface area contributed by atoms with Crippen LogP contribution in [0.25, 0.3) is 0 Å². The van der Waals surface area contributed by atoms with Gasteiger partial charge in [-0.15, -0.1) is 0 Å². The Morgan fingerprint density at radius 3 is 2.75 bits per heavy atom. The number of nitriles is 1. The minimum Gasteiger partial charge on any atom is -0.306 e. The largest absolute Gasteiger partial charge is 0.306 e. The minimum absolute atomic E-state index is 0.380. The van der Waals surface area contributed by atoms with Gasteiger partial charge in [0.05, 0.1) is 12.1 Å². The van der Waals surface area contributed by atoms with Gasteiger partial charge in [-0.05, 0) is 6.92 Å². The second-order valence-corrected chi connectivity index (χ2v) is 1.82. The van der Waals surface area contributed by atoms with Crippen LogP contribution < -0.4 is 5.32 Å². The van der Waals surface area contributed by atoms with Crippen LogP contribution in [-0.4, -0.2) is 12.6 Å². The molecule has 0 aromatic rings. The summed E-state index contributed by atoms with van der Waals surface area (Å²) in [5.41, 5.74) is 0.866. The van der Waals surface area contributed by atoms with Crippen molar-refractivity contribution < 1.29 is 0 Å². The van der Waals surface area contributed by atoms with Gasteiger partial charge < -0.3 is 5.32 Å². The summed E-state index contributed by atoms with van der Waals surface area (Å²) in [6.07, 6.45) is 1.85. The molecule has 2 heteroatoms. The van der Waals surface area contributed by atoms with E-state index in [1.807, 2.05) is 13.0 Å². The number of nitrogens with one attached hydrogen (secondary N) is 1. The fourth-order valence-corrected chi connectivity index (χ4v) is 0.622. The summed E-state index contributed by atoms with van der Waals surface area (Å²) in [5.74, 6) is 0. The first kappa shape index (κ1) is 5.33. The van der Waals surface area contributed by atoms with E-state index < -0.39 is 0 Å². The van der Waals surface area contributed by atoms with Crippen molar-refractivity contribution in [2.75, 3.05) is 6.54 Å². The summed E-state index contributed by atoms with van der Waals surface area (Å²) in [7, 11) is 0. The van der Waals surface area contributed by atoms with Gasteiger partial charge in [0.15, 0.2) is 0 Å². The quantitative estimate of drug-likeness (QED) is 0.391. The van der Waals surface area contributed by atoms with E-state index in [1.165, 1.54) is 0 Å². The van der Waals surface area contributed by atoms with E-state index in [0.717, 1.165) is 12.1 Å². The van der Waals surface area contributed by atoms with E-state index in [2.05, 4.69) is 11.4 Å². The standard InChI is InChI=1S/C6H8N2/c1-2-5(3-7)6-4-8-6/h2,6,8H,4H2,1H3. The van der Waals surface area contributed by atoms with Crippen molar-refractivity contribution in [3.05, 3.63) is 11.6 Å². The topological polar surface area (TPSA) is 45.7 Å². The van der Waals surface area contributed by atoms with Gasteiger partial charge in [0, 0.05) is 12.1 Å². The highest BCUT2D eigenvalue weighted by Gasteiger charge is 2.23. The second kappa shape index (κ2) is 1.97. The zero-order chi connectivity index (χ0) is 5.98. The molecule has 0 saturated carbocycles. The van der Waals surface area contributed by atoms with Crippen LogP contribution in [0.2, 0.25) is 0 Å². The molecular formula is C6H8N2. The first-order valence-electron chi connectivity index (χ1n) is 2.68. The van der Waals surface area contributed by atoms with Crippen LogP contribution >= 0.6 is 0 Å². The Hall–Kier alpha value is -0.810. The normalized spacial score (nSPS) is 27.0. The number of hydrogen-bond donors (Lipinski definition) is 1. The van der Waals surface area contributed by atoms with Crippen molar-refractivity contribution in [2.45, 2.75) is 13.0 Å². The third-order valence-corrected chi connectivity index (χ3v) is 1.22. The van der Waals surface area contributed by atoms with Gasteiger partial charge in [-0.25, -0.2) is 0 Å². The van der Waals surface area contributed by atoms with Gasteiger partial charge >= 0.3 is 0 Å². The predicted molar refractivity (Wildman–Crippen MR) is 31.2 cm³/mol. The molecule has 0 aromatic heterocycles. The van der Waals surface area contributed by atoms with Crippen LogP contribution in [0.1, 0.15) is 6.92 Å². The molecule has 42 valence electrons. The van der Waals surface area contributed by atoms with Crippen LogP contribution in [0, 0.1) is 11.3 Å². The van der Waals surface area contributed by atoms with Gasteiger partial charge in [0.25, 0.3) is 0 Å². The molecule has 1 N–H and O–H groups in total. The summed E-state index contributed by atoms with van der Waals surface area (Å²) < 4.78 is 0. The highest BCUT2D eigenvalue weighted by Crippen LogP contribution is 2.08. The molecule has 2 nitrogen and oxygen atoms in total. The monoisotopic (exact) mass is 108 g/mol. The molecule has 0 amide bonds. The Kier molecular flexibility index (Phi) is 1.32. The maximum absolute atomic E-state index is 8.38. The van der Waals surface area contributed by atoms with E-state index in [0.29, 0.717) is 6.04 Å². The molecule has 0 aliphatic carbocycles. The third-order valence-electron chi connectivity index (χ3n) is 1.22. The van der Waals surface area contributed by atoms with Crippen LogP contribution in [0.5, 0.6) is 0 Å². The zero-order valence-electron chi connectivity index (χ0n) is 4.81. The molecule has 0 radical (unpaired) electrons. The number of allylic oxidation sites excluding steroid dienone is 1. The Labute approximate surface area is 48.8 Å². The van der Waals surface area contributed by atoms with Crippen molar-refractivity contribution in [1.82, 2.24) is 5.32 Å². The Morgan fingerprint density at radius 1 is 2.00 bits per heavy atom. The SMILES string of the molecule is CC=C(C#N)C1CN1. The zero-order valence-corrected chi connectivity index (χ0v) is 4.81. The van der Waals surface area contributed by atoms with Crippen LogP contribution in [0.15, 0.2) is 11.6 Å². The minimum atomic E-state index is 0.380. The maximum atomic E-state index is 8.38. The van der Waals surface area contributed by atoms with E-state index >= 15 is 0 Å². The van der Waals surface area contributed by atoms with Crippen molar-refractivity contribution in [1.29, 1.82) is 5.26 Å². The predicted octanol–water partition coefficient (Wildman–Crippen LogP) is 0.428. The van der Waals surface area contributed by atoms with Crippen LogP contribution in [-0.2, 0) is 0 Å². The first-order valence-corrected chi connectivity index (χ1v) is 2.68. The lowest BCUT2D eigenvalue weighted by Crippen LogP contribution is -1.91. The average molecular weight is 108 g/mol. The lowest BCUT2D eigenvalue weighted by molar-refractivity contribution is 1.14. The molecule has 1 aliphatic heterocycles. The Bertz CT molecular complexity index is 148. The molecule has 1 fully saturated rings. The van der Waals surface area contributed by atoms with Crippen molar-refractivity contribution in [2.24, 2.45) is 0 Å². The summed E-state index contributed by atoms with van der Waals surface area (Å²) in [6.45, 7) is 2.87. The first-order chi connectivity index (χ1) is 3.88. The fraction of sp³-hybridized carbons (Fsp3) is 0.500. The Balaban J connectivity index is 2.53. The second-order valence-electron chi connectivity index (χ2n) is 1.82. The van der Waals surface area contributed by atoms with Gasteiger partial charge in [-0.3, -0.25) is 0 Å². The number of rotatable bonds is 1. The molecular weight excluding hydrogens is 100 g/mol. The summed E-state index contributed by atoms with van der Waals surface area (Å²) >= 11 is 0. The van der Waals surface area contributed by atoms with Gasteiger partial charge in [-0.2, -0.15) is 5.26 Å². The van der Waals surface area contributed by atoms with E-state index in [9.17, 15) is 0 Å². The molecule has 0 bridgehead atoms. The highest BCUT2D eigenvalue weighted by atomic mass is 15.1. The van der Waals surface area contributed by atoms with Crippen molar-refractivity contribution in [3.8, 4) is 6.07 Å². The van der Waals surface area contributed by atoms with E-state index in [1.54, 1.807) is 0 Å². The maximum Gasteiger partial charge on any atom is 0.0960 e. The van der Waals surface area contributed by atoms with Crippen LogP contribution in [0.3, 0.4) is 0 Å². The number of hydrogen-bond acceptors (Lipinski definition) is 2. The molecule has 1 aliphatic rings. The molecule has 1 saturated heterocycles. The average Bonchev–Trinajstić information content (AvgIpc) is 2.53. The van der Waals surface area contributed by atoms with Gasteiger partial charge in [-0.1, -0.05) is 6.08 Å². The lowest BCUT2D eigenvalue weighted by Gasteiger charge is -1.83. The van der Waals surface area contributed by atoms with Crippen molar-refractivity contribution in [3.63, 3.8) is 0 Å². The van der Waals surface area contributed by atoms with Gasteiger partial charge in [0.1, 0.15) is 0 Å². The molecule has 8 heavy (non-hydrogen) atoms. The van der Waals surface area contributed by atoms with E-state index in [4.69, 9.17) is 5.26 Å². The third kappa shape index (κ3) is 0.877. The summed E-state index contributed by atoms with van der Waals surface area (Å²) in [4.78, 5) is 0. The van der Waals surface area contributed by atoms with E-state index in [-0.39, 0.29) is 0 Å². The Morgan fingerprint density at radius 2 is 2.62 bits per heavy atom. The summed E-state index contributed by atoms with van der Waals surface area (Å²) in [6, 6.07) is 2.49. The fourth-order valence-electron chi connectivity index (χ4n) is 0.622. The molecule has 0 aromatic carbocycles. The smallest absolute Gasteiger partial charge is 0.0960 e.